The third kappa shape index (κ3) is 5.89. The van der Waals surface area contributed by atoms with E-state index in [-0.39, 0.29) is 11.9 Å². The molecule has 1 aromatic heterocycles. The fraction of sp³-hybridized carbons (Fsp3) is 0.393. The Labute approximate surface area is 191 Å². The number of amides is 1. The van der Waals surface area contributed by atoms with E-state index in [1.807, 2.05) is 43.3 Å². The standard InChI is InChI=1S/C28H34N2O2/c1-21-10-9-11-23(18-21)19-30(25-14-7-4-8-15-25)20-26-16-17-27(32-26)28(31)29-22(2)24-12-5-3-6-13-24/h3,5-6,9-13,16-18,22,25H,4,7-8,14-15,19-20H2,1-2H3,(H,29,31)/t22-/m0/s1. The molecule has 4 nitrogen and oxygen atoms in total. The molecule has 0 spiro atoms. The number of aryl methyl sites for hydroxylation is 1. The lowest BCUT2D eigenvalue weighted by molar-refractivity contribution is 0.0902. The lowest BCUT2D eigenvalue weighted by Gasteiger charge is -2.34. The number of nitrogens with zero attached hydrogens (tertiary/aromatic N) is 1. The van der Waals surface area contributed by atoms with Crippen LogP contribution >= 0.6 is 0 Å². The fourth-order valence-electron chi connectivity index (χ4n) is 4.68. The van der Waals surface area contributed by atoms with E-state index in [1.165, 1.54) is 43.2 Å². The summed E-state index contributed by atoms with van der Waals surface area (Å²) in [4.78, 5) is 15.3. The summed E-state index contributed by atoms with van der Waals surface area (Å²) >= 11 is 0. The largest absolute Gasteiger partial charge is 0.455 e. The first-order valence-electron chi connectivity index (χ1n) is 11.8. The van der Waals surface area contributed by atoms with Crippen LogP contribution < -0.4 is 5.32 Å². The Balaban J connectivity index is 1.44. The molecular weight excluding hydrogens is 396 g/mol. The number of rotatable bonds is 8. The van der Waals surface area contributed by atoms with Crippen LogP contribution in [0, 0.1) is 6.92 Å². The molecule has 4 rings (SSSR count). The van der Waals surface area contributed by atoms with Gasteiger partial charge in [0.15, 0.2) is 5.76 Å². The molecule has 1 atom stereocenters. The molecule has 1 amide bonds. The van der Waals surface area contributed by atoms with E-state index in [9.17, 15) is 4.79 Å². The molecule has 0 aliphatic heterocycles. The number of nitrogens with one attached hydrogen (secondary N) is 1. The van der Waals surface area contributed by atoms with Gasteiger partial charge in [-0.1, -0.05) is 79.4 Å². The van der Waals surface area contributed by atoms with Gasteiger partial charge in [0, 0.05) is 12.6 Å². The Morgan fingerprint density at radius 2 is 1.78 bits per heavy atom. The molecule has 32 heavy (non-hydrogen) atoms. The van der Waals surface area contributed by atoms with Crippen molar-refractivity contribution in [1.82, 2.24) is 10.2 Å². The number of hydrogen-bond donors (Lipinski definition) is 1. The van der Waals surface area contributed by atoms with E-state index in [0.29, 0.717) is 11.8 Å². The second kappa shape index (κ2) is 10.6. The Hall–Kier alpha value is -2.85. The first kappa shape index (κ1) is 22.3. The molecule has 168 valence electrons. The first-order valence-corrected chi connectivity index (χ1v) is 11.8. The van der Waals surface area contributed by atoms with Crippen LogP contribution in [0.3, 0.4) is 0 Å². The molecule has 0 radical (unpaired) electrons. The zero-order valence-electron chi connectivity index (χ0n) is 19.2. The molecule has 1 heterocycles. The summed E-state index contributed by atoms with van der Waals surface area (Å²) < 4.78 is 6.01. The number of furan rings is 1. The van der Waals surface area contributed by atoms with Crippen molar-refractivity contribution in [2.24, 2.45) is 0 Å². The van der Waals surface area contributed by atoms with E-state index in [1.54, 1.807) is 6.07 Å². The summed E-state index contributed by atoms with van der Waals surface area (Å²) in [6.45, 7) is 5.76. The van der Waals surface area contributed by atoms with Gasteiger partial charge in [-0.05, 0) is 49.9 Å². The normalized spacial score (nSPS) is 15.6. The van der Waals surface area contributed by atoms with Crippen LogP contribution in [-0.4, -0.2) is 16.8 Å². The van der Waals surface area contributed by atoms with E-state index in [2.05, 4.69) is 41.4 Å². The van der Waals surface area contributed by atoms with Gasteiger partial charge in [0.2, 0.25) is 0 Å². The van der Waals surface area contributed by atoms with Crippen molar-refractivity contribution in [2.45, 2.75) is 71.1 Å². The van der Waals surface area contributed by atoms with Crippen molar-refractivity contribution in [3.05, 3.63) is 94.9 Å². The van der Waals surface area contributed by atoms with Crippen molar-refractivity contribution in [3.8, 4) is 0 Å². The Kier molecular flexibility index (Phi) is 7.43. The second-order valence-corrected chi connectivity index (χ2v) is 9.06. The van der Waals surface area contributed by atoms with Crippen LogP contribution in [0.1, 0.15) is 78.1 Å². The van der Waals surface area contributed by atoms with Gasteiger partial charge in [-0.15, -0.1) is 0 Å². The zero-order valence-corrected chi connectivity index (χ0v) is 19.2. The van der Waals surface area contributed by atoms with E-state index >= 15 is 0 Å². The van der Waals surface area contributed by atoms with Gasteiger partial charge in [-0.3, -0.25) is 9.69 Å². The number of carbonyl (C=O) groups is 1. The monoisotopic (exact) mass is 430 g/mol. The van der Waals surface area contributed by atoms with Crippen LogP contribution in [0.4, 0.5) is 0 Å². The third-order valence-electron chi connectivity index (χ3n) is 6.45. The first-order chi connectivity index (χ1) is 15.6. The quantitative estimate of drug-likeness (QED) is 0.449. The highest BCUT2D eigenvalue weighted by atomic mass is 16.4. The van der Waals surface area contributed by atoms with Crippen LogP contribution in [0.15, 0.2) is 71.1 Å². The summed E-state index contributed by atoms with van der Waals surface area (Å²) in [5.41, 5.74) is 3.70. The lowest BCUT2D eigenvalue weighted by Crippen LogP contribution is -2.35. The predicted molar refractivity (Wildman–Crippen MR) is 128 cm³/mol. The van der Waals surface area contributed by atoms with Gasteiger partial charge in [0.05, 0.1) is 12.6 Å². The van der Waals surface area contributed by atoms with Crippen LogP contribution in [0.5, 0.6) is 0 Å². The minimum atomic E-state index is -0.171. The van der Waals surface area contributed by atoms with Crippen LogP contribution in [-0.2, 0) is 13.1 Å². The van der Waals surface area contributed by atoms with Gasteiger partial charge < -0.3 is 9.73 Å². The molecule has 4 heteroatoms. The zero-order chi connectivity index (χ0) is 22.3. The van der Waals surface area contributed by atoms with Crippen molar-refractivity contribution in [3.63, 3.8) is 0 Å². The van der Waals surface area contributed by atoms with Crippen molar-refractivity contribution < 1.29 is 9.21 Å². The summed E-state index contributed by atoms with van der Waals surface area (Å²) in [5.74, 6) is 1.05. The molecule has 0 bridgehead atoms. The molecule has 1 aliphatic carbocycles. The molecule has 1 N–H and O–H groups in total. The Morgan fingerprint density at radius 1 is 1.00 bits per heavy atom. The molecule has 3 aromatic rings. The van der Waals surface area contributed by atoms with Crippen molar-refractivity contribution in [2.75, 3.05) is 0 Å². The predicted octanol–water partition coefficient (Wildman–Crippen LogP) is 6.41. The Morgan fingerprint density at radius 3 is 2.53 bits per heavy atom. The topological polar surface area (TPSA) is 45.5 Å². The lowest BCUT2D eigenvalue weighted by atomic mass is 9.93. The highest BCUT2D eigenvalue weighted by molar-refractivity contribution is 5.91. The molecule has 2 aromatic carbocycles. The van der Waals surface area contributed by atoms with Crippen molar-refractivity contribution >= 4 is 5.91 Å². The molecule has 0 unspecified atom stereocenters. The average Bonchev–Trinajstić information content (AvgIpc) is 3.29. The van der Waals surface area contributed by atoms with Gasteiger partial charge in [-0.25, -0.2) is 0 Å². The van der Waals surface area contributed by atoms with Gasteiger partial charge in [-0.2, -0.15) is 0 Å². The fourth-order valence-corrected chi connectivity index (χ4v) is 4.68. The highest BCUT2D eigenvalue weighted by Crippen LogP contribution is 2.26. The highest BCUT2D eigenvalue weighted by Gasteiger charge is 2.23. The van der Waals surface area contributed by atoms with Gasteiger partial charge in [0.1, 0.15) is 5.76 Å². The maximum absolute atomic E-state index is 12.7. The van der Waals surface area contributed by atoms with Gasteiger partial charge >= 0.3 is 0 Å². The average molecular weight is 431 g/mol. The van der Waals surface area contributed by atoms with Gasteiger partial charge in [0.25, 0.3) is 5.91 Å². The summed E-state index contributed by atoms with van der Waals surface area (Å²) in [6.07, 6.45) is 6.37. The maximum Gasteiger partial charge on any atom is 0.287 e. The second-order valence-electron chi connectivity index (χ2n) is 9.06. The summed E-state index contributed by atoms with van der Waals surface area (Å²) in [6, 6.07) is 23.0. The number of hydrogen-bond acceptors (Lipinski definition) is 3. The SMILES string of the molecule is Cc1cccc(CN(Cc2ccc(C(=O)N[C@@H](C)c3ccccc3)o2)C2CCCCC2)c1. The molecule has 1 saturated carbocycles. The summed E-state index contributed by atoms with van der Waals surface area (Å²) in [5, 5.41) is 3.04. The van der Waals surface area contributed by atoms with E-state index in [4.69, 9.17) is 4.42 Å². The van der Waals surface area contributed by atoms with Crippen LogP contribution in [0.25, 0.3) is 0 Å². The molecule has 1 fully saturated rings. The minimum Gasteiger partial charge on any atom is -0.455 e. The molecular formula is C28H34N2O2. The number of benzene rings is 2. The smallest absolute Gasteiger partial charge is 0.287 e. The molecule has 0 saturated heterocycles. The Bertz CT molecular complexity index is 1010. The van der Waals surface area contributed by atoms with E-state index in [0.717, 1.165) is 24.4 Å². The minimum absolute atomic E-state index is 0.0719. The molecule has 1 aliphatic rings. The number of carbonyl (C=O) groups excluding carboxylic acids is 1. The summed E-state index contributed by atoms with van der Waals surface area (Å²) in [7, 11) is 0. The van der Waals surface area contributed by atoms with Crippen LogP contribution in [0.2, 0.25) is 0 Å². The van der Waals surface area contributed by atoms with Crippen molar-refractivity contribution in [1.29, 1.82) is 0 Å². The maximum atomic E-state index is 12.7. The van der Waals surface area contributed by atoms with E-state index < -0.39 is 0 Å². The third-order valence-corrected chi connectivity index (χ3v) is 6.45.